The van der Waals surface area contributed by atoms with Gasteiger partial charge in [0.1, 0.15) is 12.1 Å². The molecule has 1 heterocycles. The van der Waals surface area contributed by atoms with Gasteiger partial charge in [0.15, 0.2) is 0 Å². The first-order valence-corrected chi connectivity index (χ1v) is 13.7. The first-order chi connectivity index (χ1) is 18.0. The third-order valence-electron chi connectivity index (χ3n) is 6.79. The van der Waals surface area contributed by atoms with Gasteiger partial charge in [-0.1, -0.05) is 77.1 Å². The SMILES string of the molecule is CC(C)CNC[C@@H](O)CNC(=O)[C@@H](Cc1ccc2ccccc2c1)NC(=O)C1CCCN1C(=O)C(C)(C)C. The van der Waals surface area contributed by atoms with Crippen molar-refractivity contribution in [3.8, 4) is 0 Å². The summed E-state index contributed by atoms with van der Waals surface area (Å²) in [5, 5.41) is 21.4. The Hall–Kier alpha value is -2.97. The van der Waals surface area contributed by atoms with Crippen molar-refractivity contribution in [1.82, 2.24) is 20.9 Å². The van der Waals surface area contributed by atoms with E-state index in [9.17, 15) is 19.5 Å². The summed E-state index contributed by atoms with van der Waals surface area (Å²) in [6.07, 6.45) is 0.864. The molecule has 4 N–H and O–H groups in total. The van der Waals surface area contributed by atoms with Crippen LogP contribution in [0.4, 0.5) is 0 Å². The van der Waals surface area contributed by atoms with Gasteiger partial charge in [-0.2, -0.15) is 0 Å². The fourth-order valence-electron chi connectivity index (χ4n) is 4.74. The number of nitrogens with one attached hydrogen (secondary N) is 3. The van der Waals surface area contributed by atoms with E-state index in [1.807, 2.05) is 63.2 Å². The Labute approximate surface area is 226 Å². The van der Waals surface area contributed by atoms with Crippen molar-refractivity contribution >= 4 is 28.5 Å². The van der Waals surface area contributed by atoms with Gasteiger partial charge in [-0.15, -0.1) is 0 Å². The second-order valence-electron chi connectivity index (χ2n) is 11.8. The molecule has 1 fully saturated rings. The molecule has 1 aliphatic rings. The number of aliphatic hydroxyl groups excluding tert-OH is 1. The number of fused-ring (bicyclic) bond motifs is 1. The van der Waals surface area contributed by atoms with E-state index in [4.69, 9.17) is 0 Å². The Bertz CT molecular complexity index is 1110. The lowest BCUT2D eigenvalue weighted by molar-refractivity contribution is -0.145. The lowest BCUT2D eigenvalue weighted by Gasteiger charge is -2.31. The zero-order chi connectivity index (χ0) is 27.9. The molecule has 38 heavy (non-hydrogen) atoms. The minimum absolute atomic E-state index is 0.0669. The summed E-state index contributed by atoms with van der Waals surface area (Å²) in [6, 6.07) is 12.5. The fourth-order valence-corrected chi connectivity index (χ4v) is 4.74. The van der Waals surface area contributed by atoms with Crippen molar-refractivity contribution in [3.63, 3.8) is 0 Å². The minimum Gasteiger partial charge on any atom is -0.390 e. The van der Waals surface area contributed by atoms with Crippen molar-refractivity contribution in [2.75, 3.05) is 26.2 Å². The number of aliphatic hydroxyl groups is 1. The van der Waals surface area contributed by atoms with Crippen molar-refractivity contribution in [1.29, 1.82) is 0 Å². The summed E-state index contributed by atoms with van der Waals surface area (Å²) in [5.41, 5.74) is 0.321. The van der Waals surface area contributed by atoms with Crippen molar-refractivity contribution < 1.29 is 19.5 Å². The molecule has 2 aromatic rings. The number of carbonyl (C=O) groups is 3. The lowest BCUT2D eigenvalue weighted by Crippen LogP contribution is -2.55. The van der Waals surface area contributed by atoms with Crippen LogP contribution >= 0.6 is 0 Å². The van der Waals surface area contributed by atoms with Crippen LogP contribution in [0.15, 0.2) is 42.5 Å². The van der Waals surface area contributed by atoms with Gasteiger partial charge < -0.3 is 26.0 Å². The Morgan fingerprint density at radius 2 is 1.74 bits per heavy atom. The second kappa shape index (κ2) is 13.2. The summed E-state index contributed by atoms with van der Waals surface area (Å²) in [4.78, 5) is 41.3. The highest BCUT2D eigenvalue weighted by Crippen LogP contribution is 2.26. The van der Waals surface area contributed by atoms with E-state index >= 15 is 0 Å². The van der Waals surface area contributed by atoms with E-state index in [1.165, 1.54) is 0 Å². The van der Waals surface area contributed by atoms with Crippen LogP contribution in [-0.4, -0.2) is 72.1 Å². The Balaban J connectivity index is 1.73. The molecular formula is C30H44N4O4. The van der Waals surface area contributed by atoms with E-state index in [1.54, 1.807) is 4.90 Å². The Morgan fingerprint density at radius 1 is 1.03 bits per heavy atom. The standard InChI is InChI=1S/C30H44N4O4/c1-20(2)17-31-18-24(35)19-32-27(36)25(16-21-12-13-22-9-6-7-10-23(22)15-21)33-28(37)26-11-8-14-34(26)29(38)30(3,4)5/h6-7,9-10,12-13,15,20,24-26,31,35H,8,11,14,16-19H2,1-5H3,(H,32,36)(H,33,37)/t24-,25-,26?/m1/s1. The van der Waals surface area contributed by atoms with Crippen molar-refractivity contribution in [3.05, 3.63) is 48.0 Å². The molecule has 2 aromatic carbocycles. The maximum Gasteiger partial charge on any atom is 0.243 e. The molecule has 208 valence electrons. The molecule has 0 bridgehead atoms. The van der Waals surface area contributed by atoms with E-state index in [0.29, 0.717) is 31.8 Å². The molecule has 0 saturated carbocycles. The molecule has 0 radical (unpaired) electrons. The summed E-state index contributed by atoms with van der Waals surface area (Å²) >= 11 is 0. The molecule has 8 heteroatoms. The van der Waals surface area contributed by atoms with Crippen LogP contribution in [0.25, 0.3) is 10.8 Å². The third-order valence-corrected chi connectivity index (χ3v) is 6.79. The van der Waals surface area contributed by atoms with Gasteiger partial charge in [0, 0.05) is 31.5 Å². The molecule has 0 aromatic heterocycles. The smallest absolute Gasteiger partial charge is 0.243 e. The first kappa shape index (κ1) is 29.6. The molecule has 1 saturated heterocycles. The highest BCUT2D eigenvalue weighted by atomic mass is 16.3. The van der Waals surface area contributed by atoms with Crippen molar-refractivity contribution in [2.45, 2.75) is 72.1 Å². The highest BCUT2D eigenvalue weighted by molar-refractivity contribution is 5.93. The quantitative estimate of drug-likeness (QED) is 0.361. The Morgan fingerprint density at radius 3 is 2.42 bits per heavy atom. The number of carbonyl (C=O) groups excluding carboxylic acids is 3. The average molecular weight is 525 g/mol. The molecule has 8 nitrogen and oxygen atoms in total. The molecule has 1 aliphatic heterocycles. The Kier molecular flexibility index (Phi) is 10.3. The summed E-state index contributed by atoms with van der Waals surface area (Å²) < 4.78 is 0. The molecule has 3 atom stereocenters. The summed E-state index contributed by atoms with van der Waals surface area (Å²) in [5.74, 6) is -0.289. The highest BCUT2D eigenvalue weighted by Gasteiger charge is 2.39. The predicted molar refractivity (Wildman–Crippen MR) is 150 cm³/mol. The van der Waals surface area contributed by atoms with E-state index < -0.39 is 23.6 Å². The van der Waals surface area contributed by atoms with Crippen LogP contribution in [0, 0.1) is 11.3 Å². The van der Waals surface area contributed by atoms with Crippen LogP contribution in [0.2, 0.25) is 0 Å². The first-order valence-electron chi connectivity index (χ1n) is 13.7. The van der Waals surface area contributed by atoms with Gasteiger partial charge in [-0.25, -0.2) is 0 Å². The zero-order valence-corrected chi connectivity index (χ0v) is 23.4. The van der Waals surface area contributed by atoms with E-state index in [0.717, 1.165) is 29.3 Å². The second-order valence-corrected chi connectivity index (χ2v) is 11.8. The van der Waals surface area contributed by atoms with Gasteiger partial charge in [0.2, 0.25) is 17.7 Å². The molecular weight excluding hydrogens is 480 g/mol. The van der Waals surface area contributed by atoms with Crippen molar-refractivity contribution in [2.24, 2.45) is 11.3 Å². The van der Waals surface area contributed by atoms with Gasteiger partial charge >= 0.3 is 0 Å². The normalized spacial score (nSPS) is 17.4. The lowest BCUT2D eigenvalue weighted by atomic mass is 9.94. The van der Waals surface area contributed by atoms with Gasteiger partial charge in [-0.3, -0.25) is 14.4 Å². The minimum atomic E-state index is -0.841. The van der Waals surface area contributed by atoms with Crippen LogP contribution in [0.3, 0.4) is 0 Å². The van der Waals surface area contributed by atoms with Crippen LogP contribution < -0.4 is 16.0 Å². The topological polar surface area (TPSA) is 111 Å². The number of hydrogen-bond acceptors (Lipinski definition) is 5. The number of amides is 3. The van der Waals surface area contributed by atoms with Crippen LogP contribution in [0.5, 0.6) is 0 Å². The molecule has 1 unspecified atom stereocenters. The number of rotatable bonds is 11. The van der Waals surface area contributed by atoms with E-state index in [2.05, 4.69) is 29.8 Å². The number of nitrogens with zero attached hydrogens (tertiary/aromatic N) is 1. The maximum absolute atomic E-state index is 13.4. The zero-order valence-electron chi connectivity index (χ0n) is 23.4. The van der Waals surface area contributed by atoms with Gasteiger partial charge in [0.05, 0.1) is 6.10 Å². The average Bonchev–Trinajstić information content (AvgIpc) is 3.35. The molecule has 0 spiro atoms. The number of likely N-dealkylation sites (tertiary alicyclic amines) is 1. The number of hydrogen-bond donors (Lipinski definition) is 4. The molecule has 0 aliphatic carbocycles. The molecule has 3 amide bonds. The predicted octanol–water partition coefficient (Wildman–Crippen LogP) is 2.63. The monoisotopic (exact) mass is 524 g/mol. The van der Waals surface area contributed by atoms with Gasteiger partial charge in [0.25, 0.3) is 0 Å². The summed E-state index contributed by atoms with van der Waals surface area (Å²) in [6.45, 7) is 11.5. The van der Waals surface area contributed by atoms with E-state index in [-0.39, 0.29) is 24.3 Å². The summed E-state index contributed by atoms with van der Waals surface area (Å²) in [7, 11) is 0. The number of benzene rings is 2. The molecule has 3 rings (SSSR count). The van der Waals surface area contributed by atoms with Crippen LogP contribution in [0.1, 0.15) is 53.0 Å². The fraction of sp³-hybridized carbons (Fsp3) is 0.567. The van der Waals surface area contributed by atoms with Crippen LogP contribution in [-0.2, 0) is 20.8 Å². The third kappa shape index (κ3) is 8.27. The van der Waals surface area contributed by atoms with Gasteiger partial charge in [-0.05, 0) is 41.6 Å². The largest absolute Gasteiger partial charge is 0.390 e. The maximum atomic E-state index is 13.4.